The van der Waals surface area contributed by atoms with Gasteiger partial charge in [-0.25, -0.2) is 0 Å². The van der Waals surface area contributed by atoms with Crippen LogP contribution in [0.3, 0.4) is 0 Å². The molecule has 1 N–H and O–H groups in total. The molecule has 1 aromatic carbocycles. The molecule has 0 aliphatic carbocycles. The molecule has 0 fully saturated rings. The van der Waals surface area contributed by atoms with Crippen LogP contribution in [-0.2, 0) is 4.74 Å². The minimum absolute atomic E-state index is 0.0383. The van der Waals surface area contributed by atoms with Crippen LogP contribution in [0.1, 0.15) is 34.8 Å². The van der Waals surface area contributed by atoms with Crippen molar-refractivity contribution >= 4 is 5.91 Å². The fraction of sp³-hybridized carbons (Fsp3) is 0.471. The van der Waals surface area contributed by atoms with Crippen LogP contribution >= 0.6 is 0 Å². The van der Waals surface area contributed by atoms with Gasteiger partial charge in [0, 0.05) is 37.7 Å². The molecule has 0 atom stereocenters. The maximum absolute atomic E-state index is 12.4. The third-order valence-electron chi connectivity index (χ3n) is 2.92. The molecule has 0 unspecified atom stereocenters. The van der Waals surface area contributed by atoms with Gasteiger partial charge in [-0.2, -0.15) is 0 Å². The molecule has 1 amide bonds. The third-order valence-corrected chi connectivity index (χ3v) is 2.92. The van der Waals surface area contributed by atoms with Crippen molar-refractivity contribution in [3.05, 3.63) is 34.9 Å². The molecule has 1 rings (SSSR count). The van der Waals surface area contributed by atoms with Gasteiger partial charge in [0.25, 0.3) is 5.91 Å². The predicted molar refractivity (Wildman–Crippen MR) is 83.2 cm³/mol. The number of aryl methyl sites for hydroxylation is 1. The summed E-state index contributed by atoms with van der Waals surface area (Å²) in [5, 5.41) is 8.74. The van der Waals surface area contributed by atoms with E-state index in [0.29, 0.717) is 31.7 Å². The van der Waals surface area contributed by atoms with Gasteiger partial charge in [-0.3, -0.25) is 4.79 Å². The quantitative estimate of drug-likeness (QED) is 0.642. The summed E-state index contributed by atoms with van der Waals surface area (Å²) in [6, 6.07) is 5.58. The van der Waals surface area contributed by atoms with E-state index >= 15 is 0 Å². The molecule has 0 saturated heterocycles. The number of benzene rings is 1. The number of aliphatic hydroxyl groups excluding tert-OH is 1. The number of hydrogen-bond acceptors (Lipinski definition) is 3. The Morgan fingerprint density at radius 3 is 2.81 bits per heavy atom. The van der Waals surface area contributed by atoms with Gasteiger partial charge in [-0.05, 0) is 37.6 Å². The second-order valence-corrected chi connectivity index (χ2v) is 4.79. The molecule has 0 aliphatic heterocycles. The van der Waals surface area contributed by atoms with Crippen molar-refractivity contribution in [2.24, 2.45) is 0 Å². The van der Waals surface area contributed by atoms with E-state index in [1.54, 1.807) is 18.0 Å². The normalized spacial score (nSPS) is 9.90. The first-order valence-corrected chi connectivity index (χ1v) is 7.13. The summed E-state index contributed by atoms with van der Waals surface area (Å²) in [6.07, 6.45) is 0.436. The van der Waals surface area contributed by atoms with Gasteiger partial charge in [-0.15, -0.1) is 0 Å². The molecule has 0 bridgehead atoms. The Balaban J connectivity index is 2.82. The van der Waals surface area contributed by atoms with Crippen molar-refractivity contribution < 1.29 is 14.6 Å². The summed E-state index contributed by atoms with van der Waals surface area (Å²) >= 11 is 0. The number of carbonyl (C=O) groups excluding carboxylic acids is 1. The van der Waals surface area contributed by atoms with Gasteiger partial charge in [0.1, 0.15) is 0 Å². The van der Waals surface area contributed by atoms with Crippen molar-refractivity contribution in [1.82, 2.24) is 4.90 Å². The van der Waals surface area contributed by atoms with Gasteiger partial charge < -0.3 is 14.7 Å². The molecule has 0 aliphatic rings. The third kappa shape index (κ3) is 5.99. The molecule has 114 valence electrons. The van der Waals surface area contributed by atoms with Crippen LogP contribution in [0.25, 0.3) is 0 Å². The van der Waals surface area contributed by atoms with Gasteiger partial charge in [0.05, 0.1) is 13.2 Å². The lowest BCUT2D eigenvalue weighted by Gasteiger charge is -2.17. The second kappa shape index (κ2) is 9.17. The number of amides is 1. The average Bonchev–Trinajstić information content (AvgIpc) is 2.46. The molecule has 0 spiro atoms. The molecule has 4 heteroatoms. The van der Waals surface area contributed by atoms with E-state index in [1.165, 1.54) is 0 Å². The zero-order chi connectivity index (χ0) is 15.7. The van der Waals surface area contributed by atoms with E-state index in [0.717, 1.165) is 11.1 Å². The highest BCUT2D eigenvalue weighted by molar-refractivity contribution is 5.94. The number of ether oxygens (including phenoxy) is 1. The molecular weight excluding hydrogens is 266 g/mol. The first kappa shape index (κ1) is 17.2. The van der Waals surface area contributed by atoms with Crippen molar-refractivity contribution in [2.75, 3.05) is 33.4 Å². The molecule has 4 nitrogen and oxygen atoms in total. The predicted octanol–water partition coefficient (Wildman–Crippen LogP) is 1.84. The Labute approximate surface area is 126 Å². The molecule has 0 saturated carbocycles. The highest BCUT2D eigenvalue weighted by Gasteiger charge is 2.12. The van der Waals surface area contributed by atoms with Gasteiger partial charge >= 0.3 is 0 Å². The molecule has 0 aromatic heterocycles. The minimum Gasteiger partial charge on any atom is -0.395 e. The number of aliphatic hydroxyl groups is 1. The Morgan fingerprint density at radius 2 is 2.14 bits per heavy atom. The first-order valence-electron chi connectivity index (χ1n) is 7.13. The van der Waals surface area contributed by atoms with Crippen molar-refractivity contribution in [3.63, 3.8) is 0 Å². The lowest BCUT2D eigenvalue weighted by atomic mass is 10.1. The summed E-state index contributed by atoms with van der Waals surface area (Å²) in [7, 11) is 1.76. The summed E-state index contributed by atoms with van der Waals surface area (Å²) in [6.45, 7) is 5.66. The molecule has 0 radical (unpaired) electrons. The topological polar surface area (TPSA) is 49.8 Å². The van der Waals surface area contributed by atoms with Crippen LogP contribution in [0.5, 0.6) is 0 Å². The van der Waals surface area contributed by atoms with E-state index < -0.39 is 0 Å². The Morgan fingerprint density at radius 1 is 1.38 bits per heavy atom. The maximum Gasteiger partial charge on any atom is 0.253 e. The Kier molecular flexibility index (Phi) is 7.52. The van der Waals surface area contributed by atoms with Gasteiger partial charge in [-0.1, -0.05) is 11.8 Å². The summed E-state index contributed by atoms with van der Waals surface area (Å²) in [5.74, 6) is 5.80. The highest BCUT2D eigenvalue weighted by atomic mass is 16.5. The van der Waals surface area contributed by atoms with Gasteiger partial charge in [0.2, 0.25) is 0 Å². The van der Waals surface area contributed by atoms with Gasteiger partial charge in [0.15, 0.2) is 0 Å². The molecule has 1 aromatic rings. The molecule has 0 heterocycles. The van der Waals surface area contributed by atoms with Crippen molar-refractivity contribution in [2.45, 2.75) is 20.3 Å². The standard InChI is InChI=1S/C17H23NO3/c1-4-21-10-8-18(3)17(20)16-12-14(2)11-15(13-16)7-5-6-9-19/h11-13,19H,4,6,8-10H2,1-3H3. The van der Waals surface area contributed by atoms with Crippen LogP contribution in [-0.4, -0.2) is 49.3 Å². The van der Waals surface area contributed by atoms with Crippen LogP contribution in [0.15, 0.2) is 18.2 Å². The minimum atomic E-state index is -0.0383. The molecular formula is C17H23NO3. The van der Waals surface area contributed by atoms with E-state index in [4.69, 9.17) is 9.84 Å². The smallest absolute Gasteiger partial charge is 0.253 e. The van der Waals surface area contributed by atoms with Crippen LogP contribution in [0, 0.1) is 18.8 Å². The zero-order valence-corrected chi connectivity index (χ0v) is 13.0. The SMILES string of the molecule is CCOCCN(C)C(=O)c1cc(C)cc(C#CCCO)c1. The van der Waals surface area contributed by atoms with E-state index in [1.807, 2.05) is 26.0 Å². The lowest BCUT2D eigenvalue weighted by molar-refractivity contribution is 0.0710. The maximum atomic E-state index is 12.4. The monoisotopic (exact) mass is 289 g/mol. The molecule has 21 heavy (non-hydrogen) atoms. The number of nitrogens with zero attached hydrogens (tertiary/aromatic N) is 1. The van der Waals surface area contributed by atoms with Crippen molar-refractivity contribution in [1.29, 1.82) is 0 Å². The van der Waals surface area contributed by atoms with Crippen LogP contribution in [0.2, 0.25) is 0 Å². The largest absolute Gasteiger partial charge is 0.395 e. The Bertz CT molecular complexity index is 529. The van der Waals surface area contributed by atoms with Crippen molar-refractivity contribution in [3.8, 4) is 11.8 Å². The fourth-order valence-corrected chi connectivity index (χ4v) is 1.87. The summed E-state index contributed by atoms with van der Waals surface area (Å²) in [5.41, 5.74) is 2.42. The lowest BCUT2D eigenvalue weighted by Crippen LogP contribution is -2.30. The van der Waals surface area contributed by atoms with E-state index in [9.17, 15) is 4.79 Å². The van der Waals surface area contributed by atoms with Crippen LogP contribution < -0.4 is 0 Å². The Hall–Kier alpha value is -1.83. The first-order chi connectivity index (χ1) is 10.1. The number of carbonyl (C=O) groups is 1. The number of hydrogen-bond donors (Lipinski definition) is 1. The number of likely N-dealkylation sites (N-methyl/N-ethyl adjacent to an activating group) is 1. The highest BCUT2D eigenvalue weighted by Crippen LogP contribution is 2.11. The average molecular weight is 289 g/mol. The summed E-state index contributed by atoms with van der Waals surface area (Å²) < 4.78 is 5.26. The van der Waals surface area contributed by atoms with E-state index in [2.05, 4.69) is 11.8 Å². The summed E-state index contributed by atoms with van der Waals surface area (Å²) in [4.78, 5) is 14.0. The number of rotatable bonds is 6. The van der Waals surface area contributed by atoms with Crippen LogP contribution in [0.4, 0.5) is 0 Å². The zero-order valence-electron chi connectivity index (χ0n) is 13.0. The van der Waals surface area contributed by atoms with E-state index in [-0.39, 0.29) is 12.5 Å². The fourth-order valence-electron chi connectivity index (χ4n) is 1.87. The second-order valence-electron chi connectivity index (χ2n) is 4.79.